The van der Waals surface area contributed by atoms with Gasteiger partial charge in [-0.05, 0) is 65.9 Å². The molecule has 0 saturated carbocycles. The van der Waals surface area contributed by atoms with Crippen molar-refractivity contribution in [2.45, 2.75) is 20.4 Å². The molecule has 1 nitrogen and oxygen atoms in total. The van der Waals surface area contributed by atoms with E-state index in [2.05, 4.69) is 13.0 Å². The molecule has 0 saturated heterocycles. The van der Waals surface area contributed by atoms with Gasteiger partial charge in [-0.1, -0.05) is 29.3 Å². The molecule has 0 unspecified atom stereocenters. The molecule has 3 heteroatoms. The van der Waals surface area contributed by atoms with Crippen molar-refractivity contribution in [2.24, 2.45) is 5.73 Å². The molecule has 2 N–H and O–H groups in total. The second-order valence-corrected chi connectivity index (χ2v) is 5.27. The van der Waals surface area contributed by atoms with Gasteiger partial charge in [0, 0.05) is 16.6 Å². The van der Waals surface area contributed by atoms with Crippen molar-refractivity contribution in [3.8, 4) is 11.1 Å². The summed E-state index contributed by atoms with van der Waals surface area (Å²) in [5.41, 5.74) is 11.3. The molecule has 0 spiro atoms. The van der Waals surface area contributed by atoms with Crippen LogP contribution in [0.15, 0.2) is 30.3 Å². The largest absolute Gasteiger partial charge is 0.326 e. The molecule has 0 aliphatic carbocycles. The third-order valence-electron chi connectivity index (χ3n) is 3.08. The maximum absolute atomic E-state index is 6.13. The van der Waals surface area contributed by atoms with E-state index in [1.807, 2.05) is 31.2 Å². The van der Waals surface area contributed by atoms with Gasteiger partial charge in [-0.15, -0.1) is 0 Å². The maximum atomic E-state index is 6.13. The molecule has 0 aliphatic heterocycles. The molecule has 0 heterocycles. The predicted molar refractivity (Wildman–Crippen MR) is 79.3 cm³/mol. The lowest BCUT2D eigenvalue weighted by Gasteiger charge is -2.13. The minimum Gasteiger partial charge on any atom is -0.326 e. The van der Waals surface area contributed by atoms with E-state index >= 15 is 0 Å². The zero-order chi connectivity index (χ0) is 13.3. The highest BCUT2D eigenvalue weighted by molar-refractivity contribution is 6.31. The zero-order valence-electron chi connectivity index (χ0n) is 10.4. The molecule has 2 rings (SSSR count). The van der Waals surface area contributed by atoms with Gasteiger partial charge in [0.15, 0.2) is 0 Å². The van der Waals surface area contributed by atoms with Crippen LogP contribution < -0.4 is 5.73 Å². The Kier molecular flexibility index (Phi) is 3.96. The van der Waals surface area contributed by atoms with E-state index in [0.29, 0.717) is 11.6 Å². The van der Waals surface area contributed by atoms with Gasteiger partial charge in [0.2, 0.25) is 0 Å². The van der Waals surface area contributed by atoms with E-state index in [1.165, 1.54) is 0 Å². The molecule has 0 aliphatic rings. The Hall–Kier alpha value is -1.02. The normalized spacial score (nSPS) is 10.7. The average molecular weight is 280 g/mol. The highest BCUT2D eigenvalue weighted by atomic mass is 35.5. The van der Waals surface area contributed by atoms with Gasteiger partial charge in [-0.25, -0.2) is 0 Å². The Morgan fingerprint density at radius 3 is 2.33 bits per heavy atom. The van der Waals surface area contributed by atoms with E-state index in [0.717, 1.165) is 32.8 Å². The van der Waals surface area contributed by atoms with Crippen LogP contribution in [0, 0.1) is 13.8 Å². The van der Waals surface area contributed by atoms with Gasteiger partial charge in [-0.3, -0.25) is 0 Å². The van der Waals surface area contributed by atoms with Crippen molar-refractivity contribution in [3.05, 3.63) is 57.1 Å². The van der Waals surface area contributed by atoms with Crippen molar-refractivity contribution >= 4 is 23.2 Å². The summed E-state index contributed by atoms with van der Waals surface area (Å²) in [6, 6.07) is 9.90. The maximum Gasteiger partial charge on any atom is 0.0438 e. The van der Waals surface area contributed by atoms with E-state index < -0.39 is 0 Å². The van der Waals surface area contributed by atoms with Crippen LogP contribution in [-0.2, 0) is 6.54 Å². The van der Waals surface area contributed by atoms with Crippen molar-refractivity contribution < 1.29 is 0 Å². The van der Waals surface area contributed by atoms with Crippen LogP contribution in [0.3, 0.4) is 0 Å². The first-order valence-electron chi connectivity index (χ1n) is 5.78. The molecule has 94 valence electrons. The minimum atomic E-state index is 0.469. The first-order chi connectivity index (χ1) is 8.52. The lowest BCUT2D eigenvalue weighted by atomic mass is 9.94. The quantitative estimate of drug-likeness (QED) is 0.845. The lowest BCUT2D eigenvalue weighted by Crippen LogP contribution is -2.00. The van der Waals surface area contributed by atoms with Crippen LogP contribution >= 0.6 is 23.2 Å². The fourth-order valence-electron chi connectivity index (χ4n) is 2.07. The van der Waals surface area contributed by atoms with E-state index in [-0.39, 0.29) is 0 Å². The molecule has 0 radical (unpaired) electrons. The minimum absolute atomic E-state index is 0.469. The van der Waals surface area contributed by atoms with Crippen LogP contribution in [0.5, 0.6) is 0 Å². The SMILES string of the molecule is Cc1cc(-c2ccc(Cl)cc2CN)c(C)cc1Cl. The highest BCUT2D eigenvalue weighted by Gasteiger charge is 2.09. The van der Waals surface area contributed by atoms with Crippen LogP contribution in [0.25, 0.3) is 11.1 Å². The van der Waals surface area contributed by atoms with Gasteiger partial charge in [0.25, 0.3) is 0 Å². The molecule has 2 aromatic rings. The molecule has 0 amide bonds. The highest BCUT2D eigenvalue weighted by Crippen LogP contribution is 2.32. The number of rotatable bonds is 2. The fourth-order valence-corrected chi connectivity index (χ4v) is 2.48. The molecular formula is C15H15Cl2N. The van der Waals surface area contributed by atoms with E-state index in [4.69, 9.17) is 28.9 Å². The van der Waals surface area contributed by atoms with Crippen molar-refractivity contribution in [3.63, 3.8) is 0 Å². The Balaban J connectivity index is 2.65. The van der Waals surface area contributed by atoms with Crippen LogP contribution in [0.2, 0.25) is 10.0 Å². The second-order valence-electron chi connectivity index (χ2n) is 4.42. The van der Waals surface area contributed by atoms with E-state index in [1.54, 1.807) is 0 Å². The van der Waals surface area contributed by atoms with Gasteiger partial charge >= 0.3 is 0 Å². The third-order valence-corrected chi connectivity index (χ3v) is 3.73. The summed E-state index contributed by atoms with van der Waals surface area (Å²) in [6.45, 7) is 4.52. The number of halogens is 2. The average Bonchev–Trinajstić information content (AvgIpc) is 2.34. The van der Waals surface area contributed by atoms with Crippen molar-refractivity contribution in [2.75, 3.05) is 0 Å². The lowest BCUT2D eigenvalue weighted by molar-refractivity contribution is 1.07. The monoisotopic (exact) mass is 279 g/mol. The number of nitrogens with two attached hydrogens (primary N) is 1. The zero-order valence-corrected chi connectivity index (χ0v) is 11.9. The molecular weight excluding hydrogens is 265 g/mol. The summed E-state index contributed by atoms with van der Waals surface area (Å²) in [6.07, 6.45) is 0. The topological polar surface area (TPSA) is 26.0 Å². The molecule has 2 aromatic carbocycles. The van der Waals surface area contributed by atoms with Crippen LogP contribution in [0.1, 0.15) is 16.7 Å². The second kappa shape index (κ2) is 5.31. The summed E-state index contributed by atoms with van der Waals surface area (Å²) in [5.74, 6) is 0. The summed E-state index contributed by atoms with van der Waals surface area (Å²) < 4.78 is 0. The smallest absolute Gasteiger partial charge is 0.0438 e. The fraction of sp³-hybridized carbons (Fsp3) is 0.200. The van der Waals surface area contributed by atoms with Crippen LogP contribution in [-0.4, -0.2) is 0 Å². The van der Waals surface area contributed by atoms with Crippen molar-refractivity contribution in [1.29, 1.82) is 0 Å². The van der Waals surface area contributed by atoms with Crippen LogP contribution in [0.4, 0.5) is 0 Å². The third kappa shape index (κ3) is 2.54. The van der Waals surface area contributed by atoms with Gasteiger partial charge < -0.3 is 5.73 Å². The molecule has 0 fully saturated rings. The first kappa shape index (κ1) is 13.4. The predicted octanol–water partition coefficient (Wildman–Crippen LogP) is 4.74. The summed E-state index contributed by atoms with van der Waals surface area (Å²) in [4.78, 5) is 0. The summed E-state index contributed by atoms with van der Waals surface area (Å²) >= 11 is 12.1. The molecule has 18 heavy (non-hydrogen) atoms. The van der Waals surface area contributed by atoms with Gasteiger partial charge in [0.1, 0.15) is 0 Å². The van der Waals surface area contributed by atoms with Crippen molar-refractivity contribution in [1.82, 2.24) is 0 Å². The van der Waals surface area contributed by atoms with Gasteiger partial charge in [-0.2, -0.15) is 0 Å². The Bertz CT molecular complexity index is 591. The number of hydrogen-bond acceptors (Lipinski definition) is 1. The Morgan fingerprint density at radius 1 is 0.944 bits per heavy atom. The summed E-state index contributed by atoms with van der Waals surface area (Å²) in [5, 5.41) is 1.50. The summed E-state index contributed by atoms with van der Waals surface area (Å²) in [7, 11) is 0. The van der Waals surface area contributed by atoms with E-state index in [9.17, 15) is 0 Å². The molecule has 0 bridgehead atoms. The molecule has 0 aromatic heterocycles. The Morgan fingerprint density at radius 2 is 1.67 bits per heavy atom. The molecule has 0 atom stereocenters. The van der Waals surface area contributed by atoms with Gasteiger partial charge in [0.05, 0.1) is 0 Å². The first-order valence-corrected chi connectivity index (χ1v) is 6.54. The number of hydrogen-bond donors (Lipinski definition) is 1. The number of aryl methyl sites for hydroxylation is 2. The Labute approximate surface area is 118 Å². The standard InChI is InChI=1S/C15H15Cl2N/c1-9-6-15(17)10(2)5-14(9)13-4-3-12(16)7-11(13)8-18/h3-7H,8,18H2,1-2H3. The number of benzene rings is 2.